The lowest BCUT2D eigenvalue weighted by molar-refractivity contribution is -0.161. The number of nitrogens with one attached hydrogen (secondary N) is 1. The average Bonchev–Trinajstić information content (AvgIpc) is 3.32. The predicted octanol–water partition coefficient (Wildman–Crippen LogP) is 9.54. The van der Waals surface area contributed by atoms with Crippen molar-refractivity contribution >= 4 is 39.2 Å². The van der Waals surface area contributed by atoms with Crippen molar-refractivity contribution in [1.29, 1.82) is 0 Å². The van der Waals surface area contributed by atoms with Crippen molar-refractivity contribution in [2.45, 2.75) is 149 Å². The largest absolute Gasteiger partial charge is 0.457 e. The molecular weight excluding hydrogens is 889 g/mol. The van der Waals surface area contributed by atoms with E-state index in [1.54, 1.807) is 38.1 Å². The number of amides is 1. The fourth-order valence-corrected chi connectivity index (χ4v) is 10.6. The van der Waals surface area contributed by atoms with Gasteiger partial charge in [-0.3, -0.25) is 24.0 Å². The van der Waals surface area contributed by atoms with Gasteiger partial charge in [0.15, 0.2) is 0 Å². The normalized spacial score (nSPS) is 16.7. The van der Waals surface area contributed by atoms with Crippen LogP contribution >= 0.6 is 0 Å². The topological polar surface area (TPSA) is 164 Å². The van der Waals surface area contributed by atoms with Crippen molar-refractivity contribution in [3.8, 4) is 0 Å². The van der Waals surface area contributed by atoms with Gasteiger partial charge in [-0.1, -0.05) is 138 Å². The maximum Gasteiger partial charge on any atom is 0.310 e. The number of aryl methyl sites for hydroxylation is 4. The summed E-state index contributed by atoms with van der Waals surface area (Å²) in [4.78, 5) is 68.4. The van der Waals surface area contributed by atoms with Crippen LogP contribution < -0.4 is 5.32 Å². The van der Waals surface area contributed by atoms with Crippen LogP contribution in [0.2, 0.25) is 0 Å². The molecule has 11 nitrogen and oxygen atoms in total. The first-order valence-corrected chi connectivity index (χ1v) is 26.2. The Morgan fingerprint density at radius 1 is 0.783 bits per heavy atom. The van der Waals surface area contributed by atoms with E-state index in [4.69, 9.17) is 4.74 Å². The van der Waals surface area contributed by atoms with E-state index < -0.39 is 69.0 Å². The van der Waals surface area contributed by atoms with Gasteiger partial charge in [0, 0.05) is 43.7 Å². The lowest BCUT2D eigenvalue weighted by Gasteiger charge is -2.32. The highest BCUT2D eigenvalue weighted by Crippen LogP contribution is 2.37. The van der Waals surface area contributed by atoms with Crippen molar-refractivity contribution in [1.82, 2.24) is 9.62 Å². The fourth-order valence-electron chi connectivity index (χ4n) is 8.94. The minimum Gasteiger partial charge on any atom is -0.457 e. The van der Waals surface area contributed by atoms with Gasteiger partial charge in [0.1, 0.15) is 11.9 Å². The third-order valence-electron chi connectivity index (χ3n) is 13.7. The van der Waals surface area contributed by atoms with E-state index in [0.29, 0.717) is 43.2 Å². The van der Waals surface area contributed by atoms with Gasteiger partial charge in [0.25, 0.3) is 0 Å². The van der Waals surface area contributed by atoms with Crippen LogP contribution in [0.25, 0.3) is 0 Å². The third kappa shape index (κ3) is 15.6. The molecule has 1 amide bonds. The second kappa shape index (κ2) is 25.0. The van der Waals surface area contributed by atoms with Gasteiger partial charge >= 0.3 is 5.97 Å². The Hall–Kier alpha value is -5.30. The highest BCUT2D eigenvalue weighted by atomic mass is 32.2. The van der Waals surface area contributed by atoms with Gasteiger partial charge < -0.3 is 15.2 Å². The molecule has 12 heteroatoms. The second-order valence-corrected chi connectivity index (χ2v) is 22.2. The molecule has 5 atom stereocenters. The van der Waals surface area contributed by atoms with Crippen LogP contribution in [0.4, 0.5) is 0 Å². The first-order chi connectivity index (χ1) is 32.7. The van der Waals surface area contributed by atoms with Crippen molar-refractivity contribution in [2.24, 2.45) is 23.2 Å². The highest BCUT2D eigenvalue weighted by molar-refractivity contribution is 7.89. The number of carbonyl (C=O) groups is 5. The van der Waals surface area contributed by atoms with Gasteiger partial charge in [-0.2, -0.15) is 4.31 Å². The third-order valence-corrected chi connectivity index (χ3v) is 15.6. The number of hydrogen-bond acceptors (Lipinski definition) is 9. The van der Waals surface area contributed by atoms with Crippen molar-refractivity contribution in [3.63, 3.8) is 0 Å². The van der Waals surface area contributed by atoms with Gasteiger partial charge in [-0.05, 0) is 111 Å². The summed E-state index contributed by atoms with van der Waals surface area (Å²) in [6.45, 7) is 15.1. The zero-order valence-corrected chi connectivity index (χ0v) is 42.8. The summed E-state index contributed by atoms with van der Waals surface area (Å²) in [6, 6.07) is 28.6. The number of ketones is 3. The number of esters is 1. The van der Waals surface area contributed by atoms with Crippen LogP contribution in [0, 0.1) is 43.9 Å². The maximum absolute atomic E-state index is 14.2. The van der Waals surface area contributed by atoms with E-state index >= 15 is 0 Å². The molecule has 0 aromatic heterocycles. The zero-order valence-electron chi connectivity index (χ0n) is 42.0. The summed E-state index contributed by atoms with van der Waals surface area (Å²) in [7, 11) is -3.98. The number of hydrogen-bond donors (Lipinski definition) is 2. The lowest BCUT2D eigenvalue weighted by Crippen LogP contribution is -2.51. The van der Waals surface area contributed by atoms with Gasteiger partial charge in [0.2, 0.25) is 27.5 Å². The Balaban J connectivity index is 1.29. The number of nitrogens with zero attached hydrogens (tertiary/aromatic N) is 1. The van der Waals surface area contributed by atoms with E-state index in [1.165, 1.54) is 9.87 Å². The zero-order chi connectivity index (χ0) is 50.5. The molecule has 4 aromatic carbocycles. The summed E-state index contributed by atoms with van der Waals surface area (Å²) in [5, 5.41) is 14.6. The molecule has 372 valence electrons. The highest BCUT2D eigenvalue weighted by Gasteiger charge is 2.43. The summed E-state index contributed by atoms with van der Waals surface area (Å²) in [5.74, 6) is -3.60. The second-order valence-electron chi connectivity index (χ2n) is 20.2. The van der Waals surface area contributed by atoms with Crippen LogP contribution in [-0.2, 0) is 58.0 Å². The smallest absolute Gasteiger partial charge is 0.310 e. The van der Waals surface area contributed by atoms with Gasteiger partial charge in [0.05, 0.1) is 23.0 Å². The molecule has 0 saturated heterocycles. The van der Waals surface area contributed by atoms with E-state index in [2.05, 4.69) is 37.4 Å². The number of rotatable bonds is 25. The van der Waals surface area contributed by atoms with E-state index in [1.807, 2.05) is 82.3 Å². The monoisotopic (exact) mass is 963 g/mol. The molecule has 0 aliphatic heterocycles. The number of carbonyl (C=O) groups excluding carboxylic acids is 5. The molecule has 2 N–H and O–H groups in total. The summed E-state index contributed by atoms with van der Waals surface area (Å²) < 4.78 is 35.4. The first kappa shape index (κ1) is 54.6. The Labute approximate surface area is 410 Å². The Morgan fingerprint density at radius 2 is 1.45 bits per heavy atom. The molecule has 1 fully saturated rings. The van der Waals surface area contributed by atoms with E-state index in [9.17, 15) is 37.5 Å². The van der Waals surface area contributed by atoms with E-state index in [-0.39, 0.29) is 55.4 Å². The first-order valence-electron chi connectivity index (χ1n) is 24.7. The molecule has 69 heavy (non-hydrogen) atoms. The van der Waals surface area contributed by atoms with Crippen molar-refractivity contribution < 1.29 is 42.2 Å². The number of Topliss-reactive ketones (excluding diaryl/α,β-unsaturated/α-hetero) is 3. The molecule has 0 bridgehead atoms. The standard InChI is InChI=1S/C57H74N2O9S/c1-9-57(7,8)55(64)54(63)48-20-13-14-21-49(48)56(65)68-52(30-26-43-25-24-40(5)41(6)32-43)45-19-15-18-44(33-45)34-46(60)27-31-53(62)58-50(35-42-16-11-10-12-17-42)51(61)37-59(36-38(2)3)69(66,67)47-28-22-39(4)23-29-47/h10-12,15-19,22-25,28-29,32-33,38,48-52,61H,9,13-14,20-21,26-27,30-31,34-37H2,1-8H3,(H,58,62)/t48?,49?,50-,51+,52?/m0/s1. The van der Waals surface area contributed by atoms with Gasteiger partial charge in [-0.25, -0.2) is 8.42 Å². The van der Waals surface area contributed by atoms with Crippen LogP contribution in [0.15, 0.2) is 102 Å². The molecule has 3 unspecified atom stereocenters. The minimum atomic E-state index is -3.98. The molecule has 0 heterocycles. The number of aliphatic hydroxyl groups excluding tert-OH is 1. The van der Waals surface area contributed by atoms with Crippen LogP contribution in [0.3, 0.4) is 0 Å². The number of aliphatic hydroxyl groups is 1. The van der Waals surface area contributed by atoms with Gasteiger partial charge in [-0.15, -0.1) is 0 Å². The molecule has 1 aliphatic carbocycles. The number of sulfonamides is 1. The molecule has 1 saturated carbocycles. The molecule has 5 rings (SSSR count). The molecule has 0 spiro atoms. The van der Waals surface area contributed by atoms with E-state index in [0.717, 1.165) is 35.1 Å². The summed E-state index contributed by atoms with van der Waals surface area (Å²) >= 11 is 0. The van der Waals surface area contributed by atoms with Crippen LogP contribution in [0.5, 0.6) is 0 Å². The summed E-state index contributed by atoms with van der Waals surface area (Å²) in [5.41, 5.74) is 5.72. The minimum absolute atomic E-state index is 0.0184. The molecule has 0 radical (unpaired) electrons. The van der Waals surface area contributed by atoms with Crippen molar-refractivity contribution in [2.75, 3.05) is 13.1 Å². The molecule has 1 aliphatic rings. The Bertz CT molecular complexity index is 2500. The average molecular weight is 963 g/mol. The number of benzene rings is 4. The Kier molecular flexibility index (Phi) is 19.8. The lowest BCUT2D eigenvalue weighted by atomic mass is 9.72. The SMILES string of the molecule is CCC(C)(C)C(=O)C(=O)C1CCCCC1C(=O)OC(CCc1ccc(C)c(C)c1)c1cccc(CC(=O)CCC(=O)N[C@@H](Cc2ccccc2)[C@H](O)CN(CC(C)C)S(=O)(=O)c2ccc(C)cc2)c1. The van der Waals surface area contributed by atoms with Crippen LogP contribution in [-0.4, -0.2) is 72.3 Å². The quantitative estimate of drug-likeness (QED) is 0.0486. The predicted molar refractivity (Wildman–Crippen MR) is 270 cm³/mol. The molecular formula is C57H74N2O9S. The Morgan fingerprint density at radius 3 is 2.10 bits per heavy atom. The van der Waals surface area contributed by atoms with Crippen molar-refractivity contribution in [3.05, 3.63) is 136 Å². The number of ether oxygens (including phenoxy) is 1. The fraction of sp³-hybridized carbons (Fsp3) is 0.491. The summed E-state index contributed by atoms with van der Waals surface area (Å²) in [6.07, 6.45) is 2.02. The maximum atomic E-state index is 14.2. The van der Waals surface area contributed by atoms with Crippen LogP contribution in [0.1, 0.15) is 131 Å². The molecule has 4 aromatic rings.